The molecule has 0 amide bonds. The largest absolute Gasteiger partial charge is 0.456 e. The summed E-state index contributed by atoms with van der Waals surface area (Å²) >= 11 is 0. The van der Waals surface area contributed by atoms with E-state index in [1.54, 1.807) is 0 Å². The molecule has 0 spiro atoms. The Kier molecular flexibility index (Phi) is 9.22. The predicted molar refractivity (Wildman–Crippen MR) is 260 cm³/mol. The molecule has 64 heavy (non-hydrogen) atoms. The van der Waals surface area contributed by atoms with Crippen molar-refractivity contribution in [1.29, 1.82) is 0 Å². The van der Waals surface area contributed by atoms with Gasteiger partial charge in [0.1, 0.15) is 11.2 Å². The minimum atomic E-state index is -0.398. The Hall–Kier alpha value is -7.43. The smallest absolute Gasteiger partial charge is 0.170 e. The topological polar surface area (TPSA) is 44.0 Å². The Balaban J connectivity index is 0.864. The van der Waals surface area contributed by atoms with E-state index in [1.165, 1.54) is 44.5 Å². The minimum absolute atomic E-state index is 0.0228. The van der Waals surface area contributed by atoms with Crippen molar-refractivity contribution in [2.75, 3.05) is 0 Å². The maximum atomic E-state index is 7.10. The Morgan fingerprint density at radius 2 is 1.42 bits per heavy atom. The van der Waals surface area contributed by atoms with Gasteiger partial charge < -0.3 is 13.9 Å². The molecule has 4 heteroatoms. The van der Waals surface area contributed by atoms with Gasteiger partial charge in [-0.15, -0.1) is 0 Å². The lowest BCUT2D eigenvalue weighted by molar-refractivity contribution is 0.254. The van der Waals surface area contributed by atoms with Crippen LogP contribution in [0.25, 0.3) is 27.5 Å². The number of para-hydroxylation sites is 1. The third kappa shape index (κ3) is 6.07. The molecule has 2 aliphatic heterocycles. The molecule has 5 aliphatic rings. The lowest BCUT2D eigenvalue weighted by atomic mass is 9.62. The van der Waals surface area contributed by atoms with Gasteiger partial charge in [-0.2, -0.15) is 0 Å². The zero-order chi connectivity index (χ0) is 42.8. The second-order valence-corrected chi connectivity index (χ2v) is 17.5. The molecule has 0 bridgehead atoms. The number of furan rings is 1. The number of aliphatic imine (C=N–C) groups is 1. The van der Waals surface area contributed by atoms with Gasteiger partial charge in [-0.05, 0) is 126 Å². The first-order chi connectivity index (χ1) is 31.6. The third-order valence-electron chi connectivity index (χ3n) is 14.1. The number of benzene rings is 6. The number of rotatable bonds is 7. The highest BCUT2D eigenvalue weighted by atomic mass is 16.6. The number of hydrogen-bond acceptors (Lipinski definition) is 4. The number of ether oxygens (including phenoxy) is 2. The van der Waals surface area contributed by atoms with Gasteiger partial charge in [0.05, 0.1) is 23.1 Å². The number of hydrogen-bond donors (Lipinski definition) is 0. The van der Waals surface area contributed by atoms with Gasteiger partial charge >= 0.3 is 0 Å². The van der Waals surface area contributed by atoms with E-state index in [0.29, 0.717) is 0 Å². The van der Waals surface area contributed by atoms with Crippen LogP contribution in [-0.2, 0) is 5.41 Å². The van der Waals surface area contributed by atoms with Gasteiger partial charge in [-0.3, -0.25) is 4.99 Å². The Morgan fingerprint density at radius 1 is 0.672 bits per heavy atom. The summed E-state index contributed by atoms with van der Waals surface area (Å²) < 4.78 is 20.1. The summed E-state index contributed by atoms with van der Waals surface area (Å²) in [7, 11) is 0. The molecule has 3 aliphatic carbocycles. The second-order valence-electron chi connectivity index (χ2n) is 17.5. The van der Waals surface area contributed by atoms with E-state index in [4.69, 9.17) is 18.9 Å². The van der Waals surface area contributed by atoms with E-state index < -0.39 is 5.41 Å². The standard InChI is InChI=1S/C60H47NO3/c1-3-15-44(4-2)60(45-18-9-6-10-19-45)49-22-13-11-21-48(49)58-50(60)31-33-55-59(58)64-57-36-41(29-32-54(57)63-55)38-24-26-39(27-25-38)43-34-51(40-16-7-5-8-17-40)61-52(35-43)42-28-30-47-46-20-12-14-23-53(46)62-56(47)37-42/h3-24,26,28-33,35-37,50-51,58H,25,27,34H2,1-2H3/b15-3-,44-4+. The molecule has 4 atom stereocenters. The van der Waals surface area contributed by atoms with Crippen LogP contribution < -0.4 is 9.47 Å². The highest BCUT2D eigenvalue weighted by molar-refractivity contribution is 6.13. The average Bonchev–Trinajstić information content (AvgIpc) is 3.89. The van der Waals surface area contributed by atoms with Crippen LogP contribution in [0.15, 0.2) is 232 Å². The first-order valence-corrected chi connectivity index (χ1v) is 22.6. The van der Waals surface area contributed by atoms with Crippen molar-refractivity contribution in [2.24, 2.45) is 10.9 Å². The maximum Gasteiger partial charge on any atom is 0.170 e. The van der Waals surface area contributed by atoms with E-state index in [1.807, 2.05) is 12.1 Å². The molecule has 0 radical (unpaired) electrons. The molecule has 0 N–H and O–H groups in total. The molecule has 0 saturated heterocycles. The Bertz CT molecular complexity index is 3280. The number of nitrogens with zero attached hydrogens (tertiary/aromatic N) is 1. The highest BCUT2D eigenvalue weighted by Gasteiger charge is 2.57. The molecule has 3 heterocycles. The zero-order valence-corrected chi connectivity index (χ0v) is 36.0. The molecular weight excluding hydrogens is 783 g/mol. The van der Waals surface area contributed by atoms with Gasteiger partial charge in [0.15, 0.2) is 23.0 Å². The van der Waals surface area contributed by atoms with Crippen LogP contribution in [0.4, 0.5) is 0 Å². The molecular formula is C60H47NO3. The summed E-state index contributed by atoms with van der Waals surface area (Å²) in [6, 6.07) is 51.8. The highest BCUT2D eigenvalue weighted by Crippen LogP contribution is 2.63. The van der Waals surface area contributed by atoms with Crippen molar-refractivity contribution in [3.63, 3.8) is 0 Å². The fourth-order valence-corrected chi connectivity index (χ4v) is 11.2. The molecule has 0 fully saturated rings. The van der Waals surface area contributed by atoms with Crippen LogP contribution in [0, 0.1) is 5.92 Å². The second kappa shape index (κ2) is 15.4. The van der Waals surface area contributed by atoms with Crippen LogP contribution >= 0.6 is 0 Å². The predicted octanol–water partition coefficient (Wildman–Crippen LogP) is 15.0. The van der Waals surface area contributed by atoms with Crippen LogP contribution in [0.5, 0.6) is 11.5 Å². The number of fused-ring (bicyclic) bond motifs is 8. The monoisotopic (exact) mass is 829 g/mol. The average molecular weight is 830 g/mol. The van der Waals surface area contributed by atoms with Crippen LogP contribution in [0.3, 0.4) is 0 Å². The molecule has 7 aromatic rings. The van der Waals surface area contributed by atoms with Crippen LogP contribution in [-0.4, -0.2) is 5.71 Å². The van der Waals surface area contributed by atoms with Crippen molar-refractivity contribution < 1.29 is 13.9 Å². The van der Waals surface area contributed by atoms with Crippen LogP contribution in [0.1, 0.15) is 78.5 Å². The van der Waals surface area contributed by atoms with E-state index in [2.05, 4.69) is 196 Å². The van der Waals surface area contributed by atoms with Gasteiger partial charge in [0.2, 0.25) is 0 Å². The first-order valence-electron chi connectivity index (χ1n) is 22.6. The summed E-state index contributed by atoms with van der Waals surface area (Å²) in [5, 5.41) is 2.26. The van der Waals surface area contributed by atoms with Crippen molar-refractivity contribution in [1.82, 2.24) is 0 Å². The van der Waals surface area contributed by atoms with Gasteiger partial charge in [-0.25, -0.2) is 0 Å². The Morgan fingerprint density at radius 3 is 2.25 bits per heavy atom. The van der Waals surface area contributed by atoms with Crippen molar-refractivity contribution in [3.8, 4) is 11.5 Å². The quantitative estimate of drug-likeness (QED) is 0.150. The third-order valence-corrected chi connectivity index (χ3v) is 14.1. The number of allylic oxidation sites excluding steroid dienone is 12. The lowest BCUT2D eigenvalue weighted by Crippen LogP contribution is -2.37. The van der Waals surface area contributed by atoms with Crippen molar-refractivity contribution in [3.05, 3.63) is 256 Å². The van der Waals surface area contributed by atoms with Crippen LogP contribution in [0.2, 0.25) is 0 Å². The van der Waals surface area contributed by atoms with E-state index in [0.717, 1.165) is 81.1 Å². The van der Waals surface area contributed by atoms with Gasteiger partial charge in [-0.1, -0.05) is 152 Å². The molecule has 1 aromatic heterocycles. The normalized spacial score (nSPS) is 22.5. The fourth-order valence-electron chi connectivity index (χ4n) is 11.2. The molecule has 310 valence electrons. The Labute approximate surface area is 374 Å². The van der Waals surface area contributed by atoms with Gasteiger partial charge in [0, 0.05) is 22.3 Å². The summed E-state index contributed by atoms with van der Waals surface area (Å²) in [6.45, 7) is 4.26. The molecule has 4 unspecified atom stereocenters. The lowest BCUT2D eigenvalue weighted by Gasteiger charge is -2.41. The maximum absolute atomic E-state index is 7.10. The molecule has 4 nitrogen and oxygen atoms in total. The SMILES string of the molecule is C/C=C\C(=C/C)C1(c2ccccc2)c2ccccc2C2C3=C(C=CC21)Oc1ccc(C2=CC=C(C4=CC(c5ccc6c(c5)oc5ccccc56)=NC(c5ccccc5)C4)CC2)cc1O3. The minimum Gasteiger partial charge on any atom is -0.456 e. The van der Waals surface area contributed by atoms with E-state index in [9.17, 15) is 0 Å². The molecule has 6 aromatic carbocycles. The van der Waals surface area contributed by atoms with E-state index in [-0.39, 0.29) is 17.9 Å². The molecule has 0 saturated carbocycles. The summed E-state index contributed by atoms with van der Waals surface area (Å²) in [6.07, 6.45) is 20.9. The molecule has 12 rings (SSSR count). The summed E-state index contributed by atoms with van der Waals surface area (Å²) in [5.41, 5.74) is 14.9. The van der Waals surface area contributed by atoms with Crippen molar-refractivity contribution in [2.45, 2.75) is 50.5 Å². The fraction of sp³-hybridized carbons (Fsp3) is 0.150. The first kappa shape index (κ1) is 38.3. The van der Waals surface area contributed by atoms with E-state index >= 15 is 0 Å². The van der Waals surface area contributed by atoms with Gasteiger partial charge in [0.25, 0.3) is 0 Å². The zero-order valence-electron chi connectivity index (χ0n) is 36.0. The number of dihydropyridines is 1. The summed E-state index contributed by atoms with van der Waals surface area (Å²) in [4.78, 5) is 5.35. The van der Waals surface area contributed by atoms with Crippen molar-refractivity contribution >= 4 is 33.2 Å². The summed E-state index contributed by atoms with van der Waals surface area (Å²) in [5.74, 6) is 3.23.